The minimum absolute atomic E-state index is 0.558. The van der Waals surface area contributed by atoms with E-state index in [1.165, 1.54) is 0 Å². The van der Waals surface area contributed by atoms with Crippen LogP contribution in [0.4, 0.5) is 5.82 Å². The van der Waals surface area contributed by atoms with Crippen molar-refractivity contribution in [3.63, 3.8) is 0 Å². The molecule has 0 unspecified atom stereocenters. The first kappa shape index (κ1) is 12.0. The standard InChI is InChI=1S/C13H10BrN5/c1-15-12-9-3-2-8(14)6-10(9)18-13(19-12)11-7-16-4-5-17-11/h2-7H,1H3,(H,15,18,19). The summed E-state index contributed by atoms with van der Waals surface area (Å²) in [6.07, 6.45) is 4.90. The molecule has 94 valence electrons. The van der Waals surface area contributed by atoms with Crippen molar-refractivity contribution in [1.29, 1.82) is 0 Å². The van der Waals surface area contributed by atoms with Gasteiger partial charge in [0.2, 0.25) is 0 Å². The molecule has 0 aliphatic carbocycles. The van der Waals surface area contributed by atoms with Crippen molar-refractivity contribution in [3.05, 3.63) is 41.3 Å². The molecule has 0 spiro atoms. The van der Waals surface area contributed by atoms with Crippen LogP contribution in [-0.4, -0.2) is 27.0 Å². The molecule has 0 saturated carbocycles. The van der Waals surface area contributed by atoms with Crippen molar-refractivity contribution in [1.82, 2.24) is 19.9 Å². The van der Waals surface area contributed by atoms with Crippen molar-refractivity contribution in [2.45, 2.75) is 0 Å². The van der Waals surface area contributed by atoms with Crippen LogP contribution in [0.5, 0.6) is 0 Å². The number of halogens is 1. The third-order valence-corrected chi connectivity index (χ3v) is 3.18. The molecule has 2 aromatic heterocycles. The molecule has 1 aromatic carbocycles. The molecule has 0 atom stereocenters. The average molecular weight is 316 g/mol. The van der Waals surface area contributed by atoms with E-state index in [0.29, 0.717) is 11.5 Å². The fraction of sp³-hybridized carbons (Fsp3) is 0.0769. The van der Waals surface area contributed by atoms with Crippen LogP contribution in [0, 0.1) is 0 Å². The second kappa shape index (κ2) is 4.89. The number of rotatable bonds is 2. The molecule has 19 heavy (non-hydrogen) atoms. The lowest BCUT2D eigenvalue weighted by Crippen LogP contribution is -1.99. The molecule has 5 nitrogen and oxygen atoms in total. The first-order valence-electron chi connectivity index (χ1n) is 5.69. The second-order valence-electron chi connectivity index (χ2n) is 3.90. The summed E-state index contributed by atoms with van der Waals surface area (Å²) in [6, 6.07) is 5.90. The lowest BCUT2D eigenvalue weighted by molar-refractivity contribution is 1.13. The summed E-state index contributed by atoms with van der Waals surface area (Å²) in [5.74, 6) is 1.33. The van der Waals surface area contributed by atoms with Crippen LogP contribution in [-0.2, 0) is 0 Å². The monoisotopic (exact) mass is 315 g/mol. The molecular formula is C13H10BrN5. The normalized spacial score (nSPS) is 10.6. The van der Waals surface area contributed by atoms with Gasteiger partial charge in [0.15, 0.2) is 5.82 Å². The Labute approximate surface area is 118 Å². The first-order valence-corrected chi connectivity index (χ1v) is 6.48. The molecule has 0 radical (unpaired) electrons. The zero-order valence-corrected chi connectivity index (χ0v) is 11.7. The zero-order chi connectivity index (χ0) is 13.2. The van der Waals surface area contributed by atoms with Crippen molar-refractivity contribution < 1.29 is 0 Å². The number of hydrogen-bond donors (Lipinski definition) is 1. The minimum Gasteiger partial charge on any atom is -0.373 e. The van der Waals surface area contributed by atoms with Crippen LogP contribution in [0.15, 0.2) is 41.3 Å². The Morgan fingerprint density at radius 2 is 2.05 bits per heavy atom. The van der Waals surface area contributed by atoms with Crippen molar-refractivity contribution in [2.24, 2.45) is 0 Å². The SMILES string of the molecule is CNc1nc(-c2cnccn2)nc2cc(Br)ccc12. The highest BCUT2D eigenvalue weighted by molar-refractivity contribution is 9.10. The van der Waals surface area contributed by atoms with Gasteiger partial charge in [-0.2, -0.15) is 0 Å². The number of nitrogens with zero attached hydrogens (tertiary/aromatic N) is 4. The molecule has 0 fully saturated rings. The van der Waals surface area contributed by atoms with Crippen LogP contribution in [0.3, 0.4) is 0 Å². The van der Waals surface area contributed by atoms with Gasteiger partial charge < -0.3 is 5.32 Å². The van der Waals surface area contributed by atoms with Crippen molar-refractivity contribution >= 4 is 32.7 Å². The van der Waals surface area contributed by atoms with Gasteiger partial charge in [-0.1, -0.05) is 15.9 Å². The highest BCUT2D eigenvalue weighted by Crippen LogP contribution is 2.25. The lowest BCUT2D eigenvalue weighted by Gasteiger charge is -2.07. The highest BCUT2D eigenvalue weighted by Gasteiger charge is 2.09. The number of fused-ring (bicyclic) bond motifs is 1. The van der Waals surface area contributed by atoms with E-state index in [0.717, 1.165) is 21.2 Å². The Balaban J connectivity index is 2.27. The summed E-state index contributed by atoms with van der Waals surface area (Å²) in [4.78, 5) is 17.3. The van der Waals surface area contributed by atoms with Crippen molar-refractivity contribution in [3.8, 4) is 11.5 Å². The van der Waals surface area contributed by atoms with Gasteiger partial charge in [-0.3, -0.25) is 4.98 Å². The molecule has 0 bridgehead atoms. The zero-order valence-electron chi connectivity index (χ0n) is 10.1. The van der Waals surface area contributed by atoms with Gasteiger partial charge in [-0.15, -0.1) is 0 Å². The third kappa shape index (κ3) is 2.26. The van der Waals surface area contributed by atoms with Crippen LogP contribution in [0.25, 0.3) is 22.4 Å². The highest BCUT2D eigenvalue weighted by atomic mass is 79.9. The van der Waals surface area contributed by atoms with Gasteiger partial charge in [-0.05, 0) is 18.2 Å². The summed E-state index contributed by atoms with van der Waals surface area (Å²) in [5, 5.41) is 4.06. The number of hydrogen-bond acceptors (Lipinski definition) is 5. The van der Waals surface area contributed by atoms with Crippen LogP contribution in [0.1, 0.15) is 0 Å². The summed E-state index contributed by atoms with van der Waals surface area (Å²) in [6.45, 7) is 0. The Morgan fingerprint density at radius 1 is 1.16 bits per heavy atom. The summed E-state index contributed by atoms with van der Waals surface area (Å²) in [7, 11) is 1.84. The van der Waals surface area contributed by atoms with E-state index in [2.05, 4.69) is 41.2 Å². The van der Waals surface area contributed by atoms with E-state index in [9.17, 15) is 0 Å². The number of nitrogens with one attached hydrogen (secondary N) is 1. The molecule has 1 N–H and O–H groups in total. The fourth-order valence-corrected chi connectivity index (χ4v) is 2.17. The van der Waals surface area contributed by atoms with Crippen LogP contribution in [0.2, 0.25) is 0 Å². The summed E-state index contributed by atoms with van der Waals surface area (Å²) >= 11 is 3.45. The average Bonchev–Trinajstić information content (AvgIpc) is 2.46. The number of anilines is 1. The van der Waals surface area contributed by atoms with Gasteiger partial charge in [-0.25, -0.2) is 15.0 Å². The van der Waals surface area contributed by atoms with Gasteiger partial charge in [0.25, 0.3) is 0 Å². The predicted molar refractivity (Wildman–Crippen MR) is 77.8 cm³/mol. The van der Waals surface area contributed by atoms with E-state index < -0.39 is 0 Å². The Hall–Kier alpha value is -2.08. The smallest absolute Gasteiger partial charge is 0.182 e. The molecular weight excluding hydrogens is 306 g/mol. The van der Waals surface area contributed by atoms with E-state index in [1.54, 1.807) is 18.6 Å². The lowest BCUT2D eigenvalue weighted by atomic mass is 10.2. The predicted octanol–water partition coefficient (Wildman–Crippen LogP) is 2.89. The first-order chi connectivity index (χ1) is 9.28. The largest absolute Gasteiger partial charge is 0.373 e. The number of benzene rings is 1. The maximum Gasteiger partial charge on any atom is 0.182 e. The Morgan fingerprint density at radius 3 is 2.79 bits per heavy atom. The second-order valence-corrected chi connectivity index (χ2v) is 4.81. The van der Waals surface area contributed by atoms with Gasteiger partial charge >= 0.3 is 0 Å². The topological polar surface area (TPSA) is 63.6 Å². The van der Waals surface area contributed by atoms with Gasteiger partial charge in [0, 0.05) is 29.3 Å². The quantitative estimate of drug-likeness (QED) is 0.787. The number of aromatic nitrogens is 4. The van der Waals surface area contributed by atoms with Crippen LogP contribution >= 0.6 is 15.9 Å². The maximum atomic E-state index is 4.53. The van der Waals surface area contributed by atoms with Crippen molar-refractivity contribution in [2.75, 3.05) is 12.4 Å². The molecule has 0 saturated heterocycles. The maximum absolute atomic E-state index is 4.53. The molecule has 2 heterocycles. The van der Waals surface area contributed by atoms with Crippen LogP contribution < -0.4 is 5.32 Å². The molecule has 0 amide bonds. The molecule has 3 rings (SSSR count). The van der Waals surface area contributed by atoms with E-state index in [-0.39, 0.29) is 0 Å². The van der Waals surface area contributed by atoms with E-state index in [4.69, 9.17) is 0 Å². The minimum atomic E-state index is 0.558. The molecule has 0 aliphatic rings. The van der Waals surface area contributed by atoms with Gasteiger partial charge in [0.05, 0.1) is 11.7 Å². The Kier molecular flexibility index (Phi) is 3.08. The fourth-order valence-electron chi connectivity index (χ4n) is 1.82. The summed E-state index contributed by atoms with van der Waals surface area (Å²) in [5.41, 5.74) is 1.51. The Bertz CT molecular complexity index is 730. The van der Waals surface area contributed by atoms with Gasteiger partial charge in [0.1, 0.15) is 11.5 Å². The molecule has 6 heteroatoms. The van der Waals surface area contributed by atoms with E-state index in [1.807, 2.05) is 25.2 Å². The third-order valence-electron chi connectivity index (χ3n) is 2.69. The molecule has 0 aliphatic heterocycles. The summed E-state index contributed by atoms with van der Waals surface area (Å²) < 4.78 is 0.978. The van der Waals surface area contributed by atoms with E-state index >= 15 is 0 Å². The molecule has 3 aromatic rings.